The third kappa shape index (κ3) is 4.40. The van der Waals surface area contributed by atoms with Crippen LogP contribution in [-0.4, -0.2) is 34.6 Å². The Labute approximate surface area is 134 Å². The molecule has 1 amide bonds. The second-order valence-corrected chi connectivity index (χ2v) is 7.38. The van der Waals surface area contributed by atoms with Crippen LogP contribution >= 0.6 is 11.8 Å². The summed E-state index contributed by atoms with van der Waals surface area (Å²) in [5, 5.41) is 11.8. The number of benzene rings is 1. The number of fused-ring (bicyclic) bond motifs is 1. The van der Waals surface area contributed by atoms with Crippen LogP contribution in [-0.2, 0) is 9.53 Å². The lowest BCUT2D eigenvalue weighted by molar-refractivity contribution is -0.139. The molecule has 1 aromatic rings. The molecule has 2 atom stereocenters. The molecule has 0 saturated heterocycles. The minimum Gasteiger partial charge on any atom is -0.480 e. The van der Waals surface area contributed by atoms with Crippen LogP contribution in [0.5, 0.6) is 0 Å². The van der Waals surface area contributed by atoms with E-state index >= 15 is 0 Å². The van der Waals surface area contributed by atoms with Crippen LogP contribution in [0, 0.1) is 0 Å². The zero-order chi connectivity index (χ0) is 16.3. The summed E-state index contributed by atoms with van der Waals surface area (Å²) in [5.74, 6) is -0.0865. The van der Waals surface area contributed by atoms with Gasteiger partial charge in [-0.2, -0.15) is 0 Å². The Kier molecular flexibility index (Phi) is 5.01. The SMILES string of the molecule is CC(C)(C)OC(=O)NC(CC1CSc2ccccc21)C(=O)O. The number of hydrogen-bond donors (Lipinski definition) is 2. The molecule has 1 aliphatic rings. The normalized spacial score (nSPS) is 18.4. The van der Waals surface area contributed by atoms with E-state index in [1.165, 1.54) is 4.90 Å². The second-order valence-electron chi connectivity index (χ2n) is 6.32. The number of amides is 1. The van der Waals surface area contributed by atoms with E-state index in [2.05, 4.69) is 5.32 Å². The van der Waals surface area contributed by atoms with Crippen LogP contribution in [0.3, 0.4) is 0 Å². The van der Waals surface area contributed by atoms with Gasteiger partial charge in [0.25, 0.3) is 0 Å². The van der Waals surface area contributed by atoms with E-state index in [-0.39, 0.29) is 5.92 Å². The lowest BCUT2D eigenvalue weighted by atomic mass is 9.94. The van der Waals surface area contributed by atoms with Gasteiger partial charge < -0.3 is 15.2 Å². The van der Waals surface area contributed by atoms with Gasteiger partial charge >= 0.3 is 12.1 Å². The monoisotopic (exact) mass is 323 g/mol. The van der Waals surface area contributed by atoms with Crippen molar-refractivity contribution in [3.63, 3.8) is 0 Å². The van der Waals surface area contributed by atoms with E-state index < -0.39 is 23.7 Å². The standard InChI is InChI=1S/C16H21NO4S/c1-16(2,3)21-15(20)17-12(14(18)19)8-10-9-22-13-7-5-4-6-11(10)13/h4-7,10,12H,8-9H2,1-3H3,(H,17,20)(H,18,19). The van der Waals surface area contributed by atoms with Crippen molar-refractivity contribution in [2.24, 2.45) is 0 Å². The van der Waals surface area contributed by atoms with E-state index in [4.69, 9.17) is 4.74 Å². The maximum Gasteiger partial charge on any atom is 0.408 e. The molecular weight excluding hydrogens is 302 g/mol. The van der Waals surface area contributed by atoms with Gasteiger partial charge in [0.15, 0.2) is 0 Å². The molecule has 0 saturated carbocycles. The molecule has 1 heterocycles. The quantitative estimate of drug-likeness (QED) is 0.889. The van der Waals surface area contributed by atoms with Crippen molar-refractivity contribution in [2.75, 3.05) is 5.75 Å². The number of ether oxygens (including phenoxy) is 1. The Morgan fingerprint density at radius 1 is 1.41 bits per heavy atom. The summed E-state index contributed by atoms with van der Waals surface area (Å²) < 4.78 is 5.13. The molecular formula is C16H21NO4S. The Hall–Kier alpha value is -1.69. The number of carbonyl (C=O) groups excluding carboxylic acids is 1. The molecule has 2 rings (SSSR count). The van der Waals surface area contributed by atoms with Crippen LogP contribution in [0.4, 0.5) is 4.79 Å². The van der Waals surface area contributed by atoms with Crippen LogP contribution in [0.2, 0.25) is 0 Å². The molecule has 0 bridgehead atoms. The van der Waals surface area contributed by atoms with Crippen molar-refractivity contribution in [3.05, 3.63) is 29.8 Å². The molecule has 120 valence electrons. The molecule has 1 aliphatic heterocycles. The van der Waals surface area contributed by atoms with Crippen molar-refractivity contribution < 1.29 is 19.4 Å². The highest BCUT2D eigenvalue weighted by atomic mass is 32.2. The molecule has 2 unspecified atom stereocenters. The number of alkyl carbamates (subject to hydrolysis) is 1. The average molecular weight is 323 g/mol. The van der Waals surface area contributed by atoms with Crippen LogP contribution in [0.1, 0.15) is 38.7 Å². The summed E-state index contributed by atoms with van der Waals surface area (Å²) in [6.45, 7) is 5.23. The van der Waals surface area contributed by atoms with E-state index in [1.54, 1.807) is 32.5 Å². The Balaban J connectivity index is 2.02. The number of carbonyl (C=O) groups is 2. The zero-order valence-electron chi connectivity index (χ0n) is 13.0. The highest BCUT2D eigenvalue weighted by Crippen LogP contribution is 2.41. The van der Waals surface area contributed by atoms with Crippen molar-refractivity contribution in [3.8, 4) is 0 Å². The number of nitrogens with one attached hydrogen (secondary N) is 1. The minimum atomic E-state index is -1.04. The van der Waals surface area contributed by atoms with Crippen LogP contribution < -0.4 is 5.32 Å². The summed E-state index contributed by atoms with van der Waals surface area (Å²) >= 11 is 1.72. The number of hydrogen-bond acceptors (Lipinski definition) is 4. The molecule has 0 spiro atoms. The van der Waals surface area contributed by atoms with Crippen molar-refractivity contribution in [1.29, 1.82) is 0 Å². The lowest BCUT2D eigenvalue weighted by Gasteiger charge is -2.23. The fourth-order valence-electron chi connectivity index (χ4n) is 2.38. The lowest BCUT2D eigenvalue weighted by Crippen LogP contribution is -2.44. The highest BCUT2D eigenvalue weighted by Gasteiger charge is 2.30. The Morgan fingerprint density at radius 2 is 2.09 bits per heavy atom. The maximum absolute atomic E-state index is 11.8. The molecule has 22 heavy (non-hydrogen) atoms. The number of thioether (sulfide) groups is 1. The summed E-state index contributed by atoms with van der Waals surface area (Å²) in [5.41, 5.74) is 0.507. The molecule has 0 radical (unpaired) electrons. The first-order valence-corrected chi connectivity index (χ1v) is 8.19. The summed E-state index contributed by atoms with van der Waals surface area (Å²) in [6.07, 6.45) is -0.336. The maximum atomic E-state index is 11.8. The first-order chi connectivity index (χ1) is 10.3. The van der Waals surface area contributed by atoms with E-state index in [9.17, 15) is 14.7 Å². The summed E-state index contributed by atoms with van der Waals surface area (Å²) in [4.78, 5) is 24.4. The van der Waals surface area contributed by atoms with Gasteiger partial charge in [0.05, 0.1) is 0 Å². The smallest absolute Gasteiger partial charge is 0.408 e. The average Bonchev–Trinajstić information content (AvgIpc) is 2.79. The van der Waals surface area contributed by atoms with Crippen molar-refractivity contribution in [2.45, 2.75) is 49.6 Å². The molecule has 2 N–H and O–H groups in total. The first-order valence-electron chi connectivity index (χ1n) is 7.20. The predicted octanol–water partition coefficient (Wildman–Crippen LogP) is 3.24. The largest absolute Gasteiger partial charge is 0.480 e. The third-order valence-electron chi connectivity index (χ3n) is 3.31. The highest BCUT2D eigenvalue weighted by molar-refractivity contribution is 7.99. The van der Waals surface area contributed by atoms with Gasteiger partial charge in [-0.15, -0.1) is 11.8 Å². The number of carboxylic acid groups (broad SMARTS) is 1. The van der Waals surface area contributed by atoms with Crippen molar-refractivity contribution >= 4 is 23.8 Å². The molecule has 0 aromatic heterocycles. The minimum absolute atomic E-state index is 0.122. The second kappa shape index (κ2) is 6.60. The number of rotatable bonds is 4. The number of aliphatic carboxylic acids is 1. The summed E-state index contributed by atoms with van der Waals surface area (Å²) in [6, 6.07) is 7.03. The molecule has 0 fully saturated rings. The van der Waals surface area contributed by atoms with Gasteiger partial charge in [0.1, 0.15) is 11.6 Å². The topological polar surface area (TPSA) is 75.6 Å². The van der Waals surface area contributed by atoms with Crippen molar-refractivity contribution in [1.82, 2.24) is 5.32 Å². The van der Waals surface area contributed by atoms with E-state index in [1.807, 2.05) is 24.3 Å². The zero-order valence-corrected chi connectivity index (χ0v) is 13.8. The van der Waals surface area contributed by atoms with E-state index in [0.29, 0.717) is 6.42 Å². The van der Waals surface area contributed by atoms with Gasteiger partial charge in [-0.3, -0.25) is 0 Å². The van der Waals surface area contributed by atoms with Gasteiger partial charge in [-0.05, 0) is 44.7 Å². The van der Waals surface area contributed by atoms with E-state index in [0.717, 1.165) is 11.3 Å². The third-order valence-corrected chi connectivity index (χ3v) is 4.56. The van der Waals surface area contributed by atoms with Crippen LogP contribution in [0.25, 0.3) is 0 Å². The summed E-state index contributed by atoms with van der Waals surface area (Å²) in [7, 11) is 0. The molecule has 0 aliphatic carbocycles. The Bertz CT molecular complexity index is 568. The number of carboxylic acids is 1. The molecule has 6 heteroatoms. The van der Waals surface area contributed by atoms with Gasteiger partial charge in [-0.25, -0.2) is 9.59 Å². The first kappa shape index (κ1) is 16.7. The Morgan fingerprint density at radius 3 is 2.73 bits per heavy atom. The fraction of sp³-hybridized carbons (Fsp3) is 0.500. The van der Waals surface area contributed by atoms with Crippen LogP contribution in [0.15, 0.2) is 29.2 Å². The fourth-order valence-corrected chi connectivity index (χ4v) is 3.65. The van der Waals surface area contributed by atoms with Gasteiger partial charge in [0, 0.05) is 10.6 Å². The molecule has 5 nitrogen and oxygen atoms in total. The predicted molar refractivity (Wildman–Crippen MR) is 85.3 cm³/mol. The van der Waals surface area contributed by atoms with Gasteiger partial charge in [0.2, 0.25) is 0 Å². The molecule has 1 aromatic carbocycles. The van der Waals surface area contributed by atoms with Gasteiger partial charge in [-0.1, -0.05) is 18.2 Å².